The highest BCUT2D eigenvalue weighted by atomic mass is 35.5. The van der Waals surface area contributed by atoms with Crippen LogP contribution in [-0.2, 0) is 15.3 Å². The summed E-state index contributed by atoms with van der Waals surface area (Å²) in [6, 6.07) is 16.7. The molecule has 146 valence electrons. The first-order valence-corrected chi connectivity index (χ1v) is 9.91. The van der Waals surface area contributed by atoms with Gasteiger partial charge in [-0.2, -0.15) is 5.26 Å². The van der Waals surface area contributed by atoms with Gasteiger partial charge in [0.05, 0.1) is 11.6 Å². The van der Waals surface area contributed by atoms with Crippen LogP contribution >= 0.6 is 23.4 Å². The Morgan fingerprint density at radius 3 is 2.32 bits per heavy atom. The first-order valence-electron chi connectivity index (χ1n) is 8.55. The molecule has 1 amide bonds. The monoisotopic (exact) mass is 416 g/mol. The van der Waals surface area contributed by atoms with E-state index >= 15 is 0 Å². The summed E-state index contributed by atoms with van der Waals surface area (Å²) in [6.07, 6.45) is 0. The molecule has 0 unspecified atom stereocenters. The van der Waals surface area contributed by atoms with E-state index in [1.165, 1.54) is 11.9 Å². The predicted molar refractivity (Wildman–Crippen MR) is 110 cm³/mol. The number of esters is 1. The fraction of sp³-hybridized carbons (Fsp3) is 0.286. The number of benzene rings is 2. The standard InChI is InChI=1S/C21H21ClN2O3S/c1-21(2,14-23)24(3)19(25)12-27-20(26)16-6-4-15(5-7-16)13-28-18-10-8-17(22)9-11-18/h4-11H,12-13H2,1-3H3. The van der Waals surface area contributed by atoms with Crippen molar-refractivity contribution in [3.63, 3.8) is 0 Å². The summed E-state index contributed by atoms with van der Waals surface area (Å²) in [5, 5.41) is 9.77. The van der Waals surface area contributed by atoms with Gasteiger partial charge in [-0.05, 0) is 55.8 Å². The first-order chi connectivity index (χ1) is 13.2. The molecule has 0 radical (unpaired) electrons. The van der Waals surface area contributed by atoms with Gasteiger partial charge in [0.25, 0.3) is 5.91 Å². The summed E-state index contributed by atoms with van der Waals surface area (Å²) in [4.78, 5) is 26.6. The molecule has 0 aliphatic carbocycles. The van der Waals surface area contributed by atoms with Crippen LogP contribution in [0, 0.1) is 11.3 Å². The molecule has 0 bridgehead atoms. The SMILES string of the molecule is CN(C(=O)COC(=O)c1ccc(CSc2ccc(Cl)cc2)cc1)C(C)(C)C#N. The van der Waals surface area contributed by atoms with E-state index < -0.39 is 24.0 Å². The second kappa shape index (κ2) is 9.63. The number of amides is 1. The third kappa shape index (κ3) is 6.01. The Morgan fingerprint density at radius 2 is 1.75 bits per heavy atom. The Balaban J connectivity index is 1.87. The van der Waals surface area contributed by atoms with Crippen LogP contribution in [-0.4, -0.2) is 36.0 Å². The molecule has 0 spiro atoms. The van der Waals surface area contributed by atoms with Crippen molar-refractivity contribution in [2.75, 3.05) is 13.7 Å². The molecule has 5 nitrogen and oxygen atoms in total. The Kier molecular flexibility index (Phi) is 7.50. The lowest BCUT2D eigenvalue weighted by Crippen LogP contribution is -2.45. The van der Waals surface area contributed by atoms with Crippen LogP contribution in [0.5, 0.6) is 0 Å². The lowest BCUT2D eigenvalue weighted by molar-refractivity contribution is -0.136. The van der Waals surface area contributed by atoms with Crippen molar-refractivity contribution >= 4 is 35.2 Å². The molecule has 0 aliphatic heterocycles. The van der Waals surface area contributed by atoms with Crippen LogP contribution in [0.2, 0.25) is 5.02 Å². The van der Waals surface area contributed by atoms with E-state index in [4.69, 9.17) is 21.6 Å². The lowest BCUT2D eigenvalue weighted by atomic mass is 10.1. The Bertz CT molecular complexity index is 874. The smallest absolute Gasteiger partial charge is 0.338 e. The molecule has 0 saturated carbocycles. The van der Waals surface area contributed by atoms with Crippen molar-refractivity contribution in [2.24, 2.45) is 0 Å². The molecule has 2 rings (SSSR count). The molecule has 0 saturated heterocycles. The topological polar surface area (TPSA) is 70.4 Å². The average molecular weight is 417 g/mol. The van der Waals surface area contributed by atoms with E-state index in [2.05, 4.69) is 0 Å². The third-order valence-electron chi connectivity index (χ3n) is 4.22. The molecule has 0 heterocycles. The van der Waals surface area contributed by atoms with Gasteiger partial charge in [0.15, 0.2) is 6.61 Å². The summed E-state index contributed by atoms with van der Waals surface area (Å²) in [6.45, 7) is 2.83. The Morgan fingerprint density at radius 1 is 1.14 bits per heavy atom. The van der Waals surface area contributed by atoms with Crippen LogP contribution in [0.4, 0.5) is 0 Å². The lowest BCUT2D eigenvalue weighted by Gasteiger charge is -2.28. The van der Waals surface area contributed by atoms with E-state index in [9.17, 15) is 9.59 Å². The van der Waals surface area contributed by atoms with Gasteiger partial charge >= 0.3 is 5.97 Å². The van der Waals surface area contributed by atoms with Crippen LogP contribution in [0.1, 0.15) is 29.8 Å². The van der Waals surface area contributed by atoms with Crippen molar-refractivity contribution in [3.05, 3.63) is 64.7 Å². The molecule has 2 aromatic carbocycles. The number of carbonyl (C=O) groups excluding carboxylic acids is 2. The van der Waals surface area contributed by atoms with E-state index in [1.807, 2.05) is 42.5 Å². The van der Waals surface area contributed by atoms with Crippen molar-refractivity contribution in [3.8, 4) is 6.07 Å². The number of hydrogen-bond acceptors (Lipinski definition) is 5. The zero-order valence-corrected chi connectivity index (χ0v) is 17.5. The predicted octanol–water partition coefficient (Wildman–Crippen LogP) is 4.55. The maximum atomic E-state index is 12.1. The number of nitrogens with zero attached hydrogens (tertiary/aromatic N) is 2. The van der Waals surface area contributed by atoms with Gasteiger partial charge in [0.1, 0.15) is 5.54 Å². The number of halogens is 1. The second-order valence-corrected chi connectivity index (χ2v) is 8.12. The van der Waals surface area contributed by atoms with Crippen molar-refractivity contribution < 1.29 is 14.3 Å². The second-order valence-electron chi connectivity index (χ2n) is 6.64. The van der Waals surface area contributed by atoms with Crippen LogP contribution < -0.4 is 0 Å². The first kappa shape index (κ1) is 21.8. The van der Waals surface area contributed by atoms with Gasteiger partial charge in [0.2, 0.25) is 0 Å². The molecular weight excluding hydrogens is 396 g/mol. The van der Waals surface area contributed by atoms with Crippen LogP contribution in [0.25, 0.3) is 0 Å². The van der Waals surface area contributed by atoms with Gasteiger partial charge in [0, 0.05) is 22.7 Å². The van der Waals surface area contributed by atoms with Gasteiger partial charge < -0.3 is 9.64 Å². The van der Waals surface area contributed by atoms with Crippen molar-refractivity contribution in [1.29, 1.82) is 5.26 Å². The molecule has 0 aromatic heterocycles. The Hall–Kier alpha value is -2.49. The molecule has 2 aromatic rings. The molecule has 28 heavy (non-hydrogen) atoms. The van der Waals surface area contributed by atoms with Crippen LogP contribution in [0.15, 0.2) is 53.4 Å². The van der Waals surface area contributed by atoms with Crippen LogP contribution in [0.3, 0.4) is 0 Å². The van der Waals surface area contributed by atoms with Crippen molar-refractivity contribution in [2.45, 2.75) is 30.0 Å². The summed E-state index contributed by atoms with van der Waals surface area (Å²) < 4.78 is 5.07. The minimum Gasteiger partial charge on any atom is -0.452 e. The number of thioether (sulfide) groups is 1. The quantitative estimate of drug-likeness (QED) is 0.489. The maximum Gasteiger partial charge on any atom is 0.338 e. The Labute approximate surface area is 174 Å². The minimum absolute atomic E-state index is 0.371. The molecular formula is C21H21ClN2O3S. The fourth-order valence-electron chi connectivity index (χ4n) is 2.13. The average Bonchev–Trinajstić information content (AvgIpc) is 2.71. The summed E-state index contributed by atoms with van der Waals surface area (Å²) in [7, 11) is 1.51. The minimum atomic E-state index is -0.965. The molecule has 0 fully saturated rings. The molecule has 0 N–H and O–H groups in total. The van der Waals surface area contributed by atoms with Crippen molar-refractivity contribution in [1.82, 2.24) is 4.90 Å². The van der Waals surface area contributed by atoms with E-state index in [-0.39, 0.29) is 0 Å². The molecule has 0 atom stereocenters. The number of carbonyl (C=O) groups is 2. The summed E-state index contributed by atoms with van der Waals surface area (Å²) in [5.74, 6) is -0.256. The number of likely N-dealkylation sites (N-methyl/N-ethyl adjacent to an activating group) is 1. The van der Waals surface area contributed by atoms with Gasteiger partial charge in [-0.15, -0.1) is 11.8 Å². The molecule has 0 aliphatic rings. The normalized spacial score (nSPS) is 10.8. The maximum absolute atomic E-state index is 12.1. The van der Waals surface area contributed by atoms with E-state index in [0.717, 1.165) is 16.2 Å². The van der Waals surface area contributed by atoms with E-state index in [1.54, 1.807) is 37.7 Å². The van der Waals surface area contributed by atoms with Gasteiger partial charge in [-0.3, -0.25) is 4.79 Å². The number of rotatable bonds is 7. The summed E-state index contributed by atoms with van der Waals surface area (Å²) in [5.41, 5.74) is 0.464. The fourth-order valence-corrected chi connectivity index (χ4v) is 3.11. The number of hydrogen-bond donors (Lipinski definition) is 0. The highest BCUT2D eigenvalue weighted by molar-refractivity contribution is 7.98. The number of ether oxygens (including phenoxy) is 1. The largest absolute Gasteiger partial charge is 0.452 e. The van der Waals surface area contributed by atoms with Gasteiger partial charge in [-0.1, -0.05) is 23.7 Å². The van der Waals surface area contributed by atoms with Gasteiger partial charge in [-0.25, -0.2) is 4.79 Å². The zero-order valence-electron chi connectivity index (χ0n) is 15.9. The summed E-state index contributed by atoms with van der Waals surface area (Å²) >= 11 is 7.54. The highest BCUT2D eigenvalue weighted by Crippen LogP contribution is 2.24. The van der Waals surface area contributed by atoms with E-state index in [0.29, 0.717) is 10.6 Å². The number of nitriles is 1. The zero-order chi connectivity index (χ0) is 20.7. The molecule has 7 heteroatoms. The highest BCUT2D eigenvalue weighted by Gasteiger charge is 2.27. The third-order valence-corrected chi connectivity index (χ3v) is 5.56.